The van der Waals surface area contributed by atoms with E-state index in [2.05, 4.69) is 4.98 Å². The van der Waals surface area contributed by atoms with E-state index < -0.39 is 0 Å². The van der Waals surface area contributed by atoms with E-state index in [4.69, 9.17) is 0 Å². The minimum atomic E-state index is 0.0126. The molecule has 0 atom stereocenters. The molecule has 3 nitrogen and oxygen atoms in total. The quantitative estimate of drug-likeness (QED) is 0.536. The van der Waals surface area contributed by atoms with Crippen LogP contribution in [0.15, 0.2) is 30.7 Å². The maximum absolute atomic E-state index is 11.6. The summed E-state index contributed by atoms with van der Waals surface area (Å²) >= 11 is 0. The van der Waals surface area contributed by atoms with Crippen LogP contribution in [0, 0.1) is 6.92 Å². The van der Waals surface area contributed by atoms with Crippen molar-refractivity contribution in [3.8, 4) is 0 Å². The summed E-state index contributed by atoms with van der Waals surface area (Å²) in [5.74, 6) is 0.0126. The Labute approximate surface area is 84.1 Å². The fourth-order valence-corrected chi connectivity index (χ4v) is 1.06. The molecule has 1 aromatic rings. The van der Waals surface area contributed by atoms with Gasteiger partial charge in [-0.05, 0) is 18.6 Å². The van der Waals surface area contributed by atoms with Crippen LogP contribution >= 0.6 is 0 Å². The Bertz CT molecular complexity index is 356. The Balaban J connectivity index is 2.85. The fourth-order valence-electron chi connectivity index (χ4n) is 1.06. The van der Waals surface area contributed by atoms with E-state index in [0.717, 1.165) is 5.56 Å². The first-order valence-corrected chi connectivity index (χ1v) is 4.41. The second-order valence-electron chi connectivity index (χ2n) is 3.33. The highest BCUT2D eigenvalue weighted by Crippen LogP contribution is 2.06. The number of aromatic nitrogens is 1. The largest absolute Gasteiger partial charge is 0.383 e. The lowest BCUT2D eigenvalue weighted by molar-refractivity contribution is 0.104. The SMILES string of the molecule is Cc1cnccc1C(=O)C=CN(C)C. The summed E-state index contributed by atoms with van der Waals surface area (Å²) in [5, 5.41) is 0. The van der Waals surface area contributed by atoms with Gasteiger partial charge in [-0.15, -0.1) is 0 Å². The monoisotopic (exact) mass is 190 g/mol. The van der Waals surface area contributed by atoms with Gasteiger partial charge in [-0.25, -0.2) is 0 Å². The van der Waals surface area contributed by atoms with E-state index >= 15 is 0 Å². The summed E-state index contributed by atoms with van der Waals surface area (Å²) in [6, 6.07) is 1.73. The minimum Gasteiger partial charge on any atom is -0.383 e. The lowest BCUT2D eigenvalue weighted by Crippen LogP contribution is -2.04. The lowest BCUT2D eigenvalue weighted by Gasteiger charge is -2.03. The summed E-state index contributed by atoms with van der Waals surface area (Å²) < 4.78 is 0. The van der Waals surface area contributed by atoms with Gasteiger partial charge in [-0.1, -0.05) is 0 Å². The minimum absolute atomic E-state index is 0.0126. The van der Waals surface area contributed by atoms with Crippen molar-refractivity contribution < 1.29 is 4.79 Å². The van der Waals surface area contributed by atoms with Crippen molar-refractivity contribution in [3.05, 3.63) is 41.9 Å². The van der Waals surface area contributed by atoms with Crippen LogP contribution in [0.4, 0.5) is 0 Å². The average Bonchev–Trinajstić information content (AvgIpc) is 2.15. The molecule has 1 rings (SSSR count). The first-order valence-electron chi connectivity index (χ1n) is 4.41. The number of aryl methyl sites for hydroxylation is 1. The number of hydrogen-bond acceptors (Lipinski definition) is 3. The second-order valence-corrected chi connectivity index (χ2v) is 3.33. The average molecular weight is 190 g/mol. The van der Waals surface area contributed by atoms with E-state index in [0.29, 0.717) is 5.56 Å². The molecule has 1 heterocycles. The summed E-state index contributed by atoms with van der Waals surface area (Å²) in [6.45, 7) is 1.88. The van der Waals surface area contributed by atoms with Crippen LogP contribution in [0.25, 0.3) is 0 Å². The highest BCUT2D eigenvalue weighted by Gasteiger charge is 2.04. The third-order valence-corrected chi connectivity index (χ3v) is 1.81. The number of carbonyl (C=O) groups excluding carboxylic acids is 1. The molecule has 14 heavy (non-hydrogen) atoms. The predicted molar refractivity (Wildman–Crippen MR) is 56.1 cm³/mol. The van der Waals surface area contributed by atoms with Gasteiger partial charge in [0.1, 0.15) is 0 Å². The molecule has 74 valence electrons. The smallest absolute Gasteiger partial charge is 0.187 e. The molecule has 0 spiro atoms. The molecule has 0 saturated carbocycles. The van der Waals surface area contributed by atoms with E-state index in [1.807, 2.05) is 25.9 Å². The summed E-state index contributed by atoms with van der Waals surface area (Å²) in [7, 11) is 3.76. The van der Waals surface area contributed by atoms with Gasteiger partial charge in [-0.2, -0.15) is 0 Å². The molecule has 0 saturated heterocycles. The Morgan fingerprint density at radius 2 is 2.21 bits per heavy atom. The number of ketones is 1. The van der Waals surface area contributed by atoms with Crippen LogP contribution in [0.1, 0.15) is 15.9 Å². The molecule has 0 N–H and O–H groups in total. The molecule has 0 aliphatic rings. The van der Waals surface area contributed by atoms with Gasteiger partial charge in [0, 0.05) is 44.3 Å². The van der Waals surface area contributed by atoms with Gasteiger partial charge in [0.15, 0.2) is 5.78 Å². The lowest BCUT2D eigenvalue weighted by atomic mass is 10.1. The van der Waals surface area contributed by atoms with Crippen LogP contribution in [0.5, 0.6) is 0 Å². The second kappa shape index (κ2) is 4.56. The molecule has 0 amide bonds. The topological polar surface area (TPSA) is 33.2 Å². The Morgan fingerprint density at radius 1 is 1.50 bits per heavy atom. The number of carbonyl (C=O) groups is 1. The first kappa shape index (κ1) is 10.4. The molecule has 0 unspecified atom stereocenters. The molecular formula is C11H14N2O. The van der Waals surface area contributed by atoms with Crippen molar-refractivity contribution in [2.24, 2.45) is 0 Å². The van der Waals surface area contributed by atoms with Crippen LogP contribution < -0.4 is 0 Å². The maximum Gasteiger partial charge on any atom is 0.187 e. The van der Waals surface area contributed by atoms with Crippen LogP contribution in [-0.2, 0) is 0 Å². The maximum atomic E-state index is 11.6. The Hall–Kier alpha value is -1.64. The van der Waals surface area contributed by atoms with E-state index in [9.17, 15) is 4.79 Å². The van der Waals surface area contributed by atoms with Gasteiger partial charge >= 0.3 is 0 Å². The first-order chi connectivity index (χ1) is 6.61. The summed E-state index contributed by atoms with van der Waals surface area (Å²) in [5.41, 5.74) is 1.61. The molecule has 0 aliphatic heterocycles. The predicted octanol–water partition coefficient (Wildman–Crippen LogP) is 1.65. The molecule has 1 aromatic heterocycles. The van der Waals surface area contributed by atoms with Crippen molar-refractivity contribution in [2.75, 3.05) is 14.1 Å². The van der Waals surface area contributed by atoms with Gasteiger partial charge in [0.2, 0.25) is 0 Å². The fraction of sp³-hybridized carbons (Fsp3) is 0.273. The zero-order chi connectivity index (χ0) is 10.6. The zero-order valence-corrected chi connectivity index (χ0v) is 8.69. The van der Waals surface area contributed by atoms with Crippen molar-refractivity contribution in [1.29, 1.82) is 0 Å². The number of allylic oxidation sites excluding steroid dienone is 1. The third kappa shape index (κ3) is 2.69. The molecular weight excluding hydrogens is 176 g/mol. The molecule has 0 bridgehead atoms. The van der Waals surface area contributed by atoms with Crippen molar-refractivity contribution in [3.63, 3.8) is 0 Å². The van der Waals surface area contributed by atoms with Gasteiger partial charge in [0.25, 0.3) is 0 Å². The van der Waals surface area contributed by atoms with Gasteiger partial charge in [-0.3, -0.25) is 9.78 Å². The third-order valence-electron chi connectivity index (χ3n) is 1.81. The van der Waals surface area contributed by atoms with Gasteiger partial charge in [0.05, 0.1) is 0 Å². The molecule has 0 aliphatic carbocycles. The van der Waals surface area contributed by atoms with Crippen molar-refractivity contribution in [2.45, 2.75) is 6.92 Å². The Morgan fingerprint density at radius 3 is 2.79 bits per heavy atom. The van der Waals surface area contributed by atoms with Crippen LogP contribution in [0.3, 0.4) is 0 Å². The number of hydrogen-bond donors (Lipinski definition) is 0. The van der Waals surface area contributed by atoms with Crippen LogP contribution in [-0.4, -0.2) is 29.8 Å². The van der Waals surface area contributed by atoms with Crippen LogP contribution in [0.2, 0.25) is 0 Å². The number of nitrogens with zero attached hydrogens (tertiary/aromatic N) is 2. The van der Waals surface area contributed by atoms with E-state index in [-0.39, 0.29) is 5.78 Å². The standard InChI is InChI=1S/C11H14N2O/c1-9-8-12-6-4-10(9)11(14)5-7-13(2)3/h4-8H,1-3H3. The van der Waals surface area contributed by atoms with Gasteiger partial charge < -0.3 is 4.90 Å². The van der Waals surface area contributed by atoms with E-state index in [1.54, 1.807) is 30.7 Å². The summed E-state index contributed by atoms with van der Waals surface area (Å²) in [4.78, 5) is 17.4. The van der Waals surface area contributed by atoms with Crippen molar-refractivity contribution in [1.82, 2.24) is 9.88 Å². The summed E-state index contributed by atoms with van der Waals surface area (Å²) in [6.07, 6.45) is 6.62. The zero-order valence-electron chi connectivity index (χ0n) is 8.69. The number of rotatable bonds is 3. The van der Waals surface area contributed by atoms with Crippen molar-refractivity contribution >= 4 is 5.78 Å². The molecule has 3 heteroatoms. The molecule has 0 fully saturated rings. The Kier molecular flexibility index (Phi) is 3.40. The van der Waals surface area contributed by atoms with E-state index in [1.165, 1.54) is 0 Å². The highest BCUT2D eigenvalue weighted by atomic mass is 16.1. The highest BCUT2D eigenvalue weighted by molar-refractivity contribution is 6.05. The molecule has 0 radical (unpaired) electrons. The number of pyridine rings is 1. The molecule has 0 aromatic carbocycles. The normalized spacial score (nSPS) is 10.5.